The number of hydrogen-bond donors (Lipinski definition) is 1. The second kappa shape index (κ2) is 13.4. The third-order valence-corrected chi connectivity index (χ3v) is 9.86. The first-order chi connectivity index (χ1) is 23.5. The van der Waals surface area contributed by atoms with Crippen molar-refractivity contribution in [2.45, 2.75) is 59.1 Å². The van der Waals surface area contributed by atoms with Crippen LogP contribution in [0.1, 0.15) is 76.6 Å². The molecule has 260 valence electrons. The van der Waals surface area contributed by atoms with Crippen LogP contribution < -0.4 is 29.0 Å². The number of nitrogens with zero attached hydrogens (tertiary/aromatic N) is 2. The molecule has 13 heteroatoms. The lowest BCUT2D eigenvalue weighted by atomic mass is 9.66. The highest BCUT2D eigenvalue weighted by atomic mass is 16.7. The van der Waals surface area contributed by atoms with Gasteiger partial charge < -0.3 is 38.5 Å². The molecule has 13 nitrogen and oxygen atoms in total. The van der Waals surface area contributed by atoms with Crippen molar-refractivity contribution in [1.82, 2.24) is 15.3 Å². The number of esters is 2. The molecular formula is C36H41N3O10. The van der Waals surface area contributed by atoms with Gasteiger partial charge in [0.25, 0.3) is 5.91 Å². The van der Waals surface area contributed by atoms with Crippen LogP contribution in [0, 0.1) is 38.5 Å². The van der Waals surface area contributed by atoms with Crippen molar-refractivity contribution in [2.75, 3.05) is 34.7 Å². The van der Waals surface area contributed by atoms with E-state index in [0.717, 1.165) is 5.69 Å². The second-order valence-corrected chi connectivity index (χ2v) is 12.6. The number of rotatable bonds is 10. The molecule has 0 spiro atoms. The topological polar surface area (TPSA) is 154 Å². The number of methoxy groups -OCH3 is 3. The minimum absolute atomic E-state index is 0.0219. The summed E-state index contributed by atoms with van der Waals surface area (Å²) in [5.74, 6) is -1.49. The van der Waals surface area contributed by atoms with Crippen LogP contribution in [0.2, 0.25) is 0 Å². The van der Waals surface area contributed by atoms with Crippen molar-refractivity contribution in [3.63, 3.8) is 0 Å². The lowest BCUT2D eigenvalue weighted by Crippen LogP contribution is -2.48. The zero-order valence-corrected chi connectivity index (χ0v) is 28.9. The summed E-state index contributed by atoms with van der Waals surface area (Å²) in [4.78, 5) is 50.2. The van der Waals surface area contributed by atoms with E-state index in [0.29, 0.717) is 63.2 Å². The van der Waals surface area contributed by atoms with Crippen LogP contribution in [0.5, 0.6) is 28.7 Å². The third kappa shape index (κ3) is 5.95. The highest BCUT2D eigenvalue weighted by Crippen LogP contribution is 2.56. The molecule has 1 aliphatic carbocycles. The number of cyclic esters (lactones) is 1. The number of carbonyl (C=O) groups is 3. The zero-order chi connectivity index (χ0) is 35.1. The third-order valence-electron chi connectivity index (χ3n) is 9.86. The number of benzene rings is 2. The Morgan fingerprint density at radius 2 is 1.53 bits per heavy atom. The van der Waals surface area contributed by atoms with Crippen molar-refractivity contribution in [3.8, 4) is 28.7 Å². The van der Waals surface area contributed by atoms with E-state index >= 15 is 0 Å². The molecule has 0 saturated carbocycles. The van der Waals surface area contributed by atoms with Gasteiger partial charge in [-0.05, 0) is 62.1 Å². The molecule has 1 aromatic heterocycles. The largest absolute Gasteiger partial charge is 0.493 e. The van der Waals surface area contributed by atoms with Crippen LogP contribution in [-0.2, 0) is 19.1 Å². The maximum Gasteiger partial charge on any atom is 0.329 e. The first kappa shape index (κ1) is 33.8. The molecule has 1 saturated heterocycles. The van der Waals surface area contributed by atoms with Gasteiger partial charge in [-0.25, -0.2) is 9.78 Å². The molecule has 3 aliphatic rings. The number of aryl methyl sites for hydroxylation is 3. The number of carbonyl (C=O) groups excluding carboxylic acids is 3. The molecule has 1 amide bonds. The van der Waals surface area contributed by atoms with E-state index in [1.807, 2.05) is 39.0 Å². The number of hydrogen-bond acceptors (Lipinski definition) is 12. The maximum absolute atomic E-state index is 14.2. The van der Waals surface area contributed by atoms with Gasteiger partial charge in [-0.2, -0.15) is 0 Å². The van der Waals surface area contributed by atoms with Gasteiger partial charge in [0, 0.05) is 17.4 Å². The number of amides is 1. The standard InChI is InChI=1S/C36H41N3O10/c1-9-16(2)30(39-34(40)31-19(5)37-17(3)18(4)38-31)36(42)49-32-22-13-25-24(47-15-48-25)12-21(22)28(29-23(32)14-46-35(29)41)20-10-26(43-6)33(45-8)27(11-20)44-7/h10-13,16,23,28-30,32H,9,14-15H2,1-8H3,(H,39,40)/t16-,23-,28+,29-,30-,32-/m0/s1. The van der Waals surface area contributed by atoms with E-state index < -0.39 is 47.7 Å². The molecule has 3 heterocycles. The van der Waals surface area contributed by atoms with E-state index in [1.165, 1.54) is 21.3 Å². The summed E-state index contributed by atoms with van der Waals surface area (Å²) in [7, 11) is 4.57. The van der Waals surface area contributed by atoms with E-state index in [-0.39, 0.29) is 25.0 Å². The van der Waals surface area contributed by atoms with Crippen molar-refractivity contribution in [3.05, 3.63) is 63.7 Å². The Kier molecular flexibility index (Phi) is 9.28. The lowest BCUT2D eigenvalue weighted by Gasteiger charge is -2.39. The Morgan fingerprint density at radius 1 is 0.898 bits per heavy atom. The molecule has 49 heavy (non-hydrogen) atoms. The number of ether oxygens (including phenoxy) is 7. The minimum Gasteiger partial charge on any atom is -0.493 e. The Hall–Kier alpha value is -5.07. The fraction of sp³-hybridized carbons (Fsp3) is 0.472. The van der Waals surface area contributed by atoms with Gasteiger partial charge in [-0.3, -0.25) is 14.6 Å². The Balaban J connectivity index is 1.42. The van der Waals surface area contributed by atoms with Crippen molar-refractivity contribution in [1.29, 1.82) is 0 Å². The summed E-state index contributed by atoms with van der Waals surface area (Å²) >= 11 is 0. The molecule has 3 aromatic rings. The first-order valence-electron chi connectivity index (χ1n) is 16.2. The first-order valence-corrected chi connectivity index (χ1v) is 16.2. The predicted octanol–water partition coefficient (Wildman–Crippen LogP) is 4.52. The summed E-state index contributed by atoms with van der Waals surface area (Å²) in [6.07, 6.45) is -0.326. The molecule has 0 unspecified atom stereocenters. The van der Waals surface area contributed by atoms with Gasteiger partial charge in [0.2, 0.25) is 12.5 Å². The highest BCUT2D eigenvalue weighted by molar-refractivity contribution is 5.96. The fourth-order valence-electron chi connectivity index (χ4n) is 6.95. The van der Waals surface area contributed by atoms with E-state index in [2.05, 4.69) is 15.3 Å². The smallest absolute Gasteiger partial charge is 0.329 e. The van der Waals surface area contributed by atoms with Crippen LogP contribution in [0.15, 0.2) is 24.3 Å². The van der Waals surface area contributed by atoms with Gasteiger partial charge in [0.05, 0.1) is 50.9 Å². The quantitative estimate of drug-likeness (QED) is 0.301. The minimum atomic E-state index is -1.01. The van der Waals surface area contributed by atoms with Crippen LogP contribution in [0.4, 0.5) is 0 Å². The second-order valence-electron chi connectivity index (χ2n) is 12.6. The zero-order valence-electron chi connectivity index (χ0n) is 28.9. The van der Waals surface area contributed by atoms with Gasteiger partial charge in [-0.1, -0.05) is 20.3 Å². The van der Waals surface area contributed by atoms with Crippen LogP contribution in [-0.4, -0.2) is 68.6 Å². The Bertz CT molecular complexity index is 1780. The van der Waals surface area contributed by atoms with Gasteiger partial charge in [0.15, 0.2) is 23.0 Å². The summed E-state index contributed by atoms with van der Waals surface area (Å²) in [6, 6.07) is 6.22. The Morgan fingerprint density at radius 3 is 2.14 bits per heavy atom. The Labute approximate surface area is 284 Å². The lowest BCUT2D eigenvalue weighted by molar-refractivity contribution is -0.158. The fourth-order valence-corrected chi connectivity index (χ4v) is 6.95. The molecule has 1 N–H and O–H groups in total. The SMILES string of the molecule is CC[C@H](C)[C@H](NC(=O)c1nc(C)c(C)nc1C)C(=O)O[C@H]1c2cc3c(cc2[C@@H](c2cc(OC)c(OC)c(OC)c2)[C@H]2C(=O)OC[C@@H]21)OCO3. The number of aromatic nitrogens is 2. The predicted molar refractivity (Wildman–Crippen MR) is 174 cm³/mol. The molecule has 0 radical (unpaired) electrons. The van der Waals surface area contributed by atoms with Gasteiger partial charge >= 0.3 is 11.9 Å². The maximum atomic E-state index is 14.2. The van der Waals surface area contributed by atoms with Gasteiger partial charge in [-0.15, -0.1) is 0 Å². The highest BCUT2D eigenvalue weighted by Gasteiger charge is 2.54. The van der Waals surface area contributed by atoms with Gasteiger partial charge in [0.1, 0.15) is 17.8 Å². The van der Waals surface area contributed by atoms with E-state index in [9.17, 15) is 14.4 Å². The van der Waals surface area contributed by atoms with E-state index in [1.54, 1.807) is 19.9 Å². The number of nitrogens with one attached hydrogen (secondary N) is 1. The van der Waals surface area contributed by atoms with Crippen molar-refractivity contribution < 1.29 is 47.5 Å². The molecule has 2 aromatic carbocycles. The summed E-state index contributed by atoms with van der Waals surface area (Å²) in [5.41, 5.74) is 3.98. The molecule has 2 aliphatic heterocycles. The summed E-state index contributed by atoms with van der Waals surface area (Å²) in [6.45, 7) is 9.14. The summed E-state index contributed by atoms with van der Waals surface area (Å²) in [5, 5.41) is 2.87. The molecule has 1 fully saturated rings. The van der Waals surface area contributed by atoms with Crippen LogP contribution >= 0.6 is 0 Å². The summed E-state index contributed by atoms with van der Waals surface area (Å²) < 4.78 is 40.4. The molecular weight excluding hydrogens is 634 g/mol. The molecule has 0 bridgehead atoms. The van der Waals surface area contributed by atoms with Crippen molar-refractivity contribution in [2.24, 2.45) is 17.8 Å². The van der Waals surface area contributed by atoms with E-state index in [4.69, 9.17) is 33.2 Å². The normalized spacial score (nSPS) is 21.5. The van der Waals surface area contributed by atoms with Crippen LogP contribution in [0.3, 0.4) is 0 Å². The van der Waals surface area contributed by atoms with Crippen molar-refractivity contribution >= 4 is 17.8 Å². The number of fused-ring (bicyclic) bond motifs is 3. The van der Waals surface area contributed by atoms with Crippen LogP contribution in [0.25, 0.3) is 0 Å². The molecule has 6 rings (SSSR count). The molecule has 6 atom stereocenters. The average molecular weight is 676 g/mol. The average Bonchev–Trinajstić information content (AvgIpc) is 3.72. The monoisotopic (exact) mass is 675 g/mol.